The molecule has 1 atom stereocenters. The van der Waals surface area contributed by atoms with E-state index in [9.17, 15) is 9.90 Å². The first-order chi connectivity index (χ1) is 10.5. The molecule has 8 heteroatoms. The van der Waals surface area contributed by atoms with Gasteiger partial charge in [0.15, 0.2) is 0 Å². The molecule has 1 aromatic heterocycles. The van der Waals surface area contributed by atoms with Gasteiger partial charge < -0.3 is 15.3 Å². The van der Waals surface area contributed by atoms with Crippen LogP contribution in [0.3, 0.4) is 0 Å². The molecule has 22 heavy (non-hydrogen) atoms. The number of piperidine rings is 1. The molecule has 0 aromatic carbocycles. The van der Waals surface area contributed by atoms with Gasteiger partial charge in [-0.2, -0.15) is 0 Å². The number of likely N-dealkylation sites (tertiary alicyclic amines) is 1. The lowest BCUT2D eigenvalue weighted by Gasteiger charge is -2.28. The first-order valence-corrected chi connectivity index (χ1v) is 8.65. The van der Waals surface area contributed by atoms with Gasteiger partial charge in [-0.3, -0.25) is 5.32 Å². The topological polar surface area (TPSA) is 90.4 Å². The Kier molecular flexibility index (Phi) is 6.53. The van der Waals surface area contributed by atoms with Crippen LogP contribution in [0.5, 0.6) is 0 Å². The Morgan fingerprint density at radius 1 is 1.32 bits per heavy atom. The molecular formula is C14H25N5O2S. The van der Waals surface area contributed by atoms with Crippen LogP contribution in [0.2, 0.25) is 0 Å². The van der Waals surface area contributed by atoms with Crippen molar-refractivity contribution in [1.82, 2.24) is 20.4 Å². The van der Waals surface area contributed by atoms with Gasteiger partial charge in [0, 0.05) is 19.0 Å². The van der Waals surface area contributed by atoms with Crippen molar-refractivity contribution < 1.29 is 9.90 Å². The lowest BCUT2D eigenvalue weighted by Crippen LogP contribution is -2.42. The molecule has 1 saturated heterocycles. The summed E-state index contributed by atoms with van der Waals surface area (Å²) in [5.41, 5.74) is 0. The van der Waals surface area contributed by atoms with Gasteiger partial charge in [-0.1, -0.05) is 31.6 Å². The number of nitrogens with zero attached hydrogens (tertiary/aromatic N) is 3. The number of carbonyl (C=O) groups excluding carboxylic acids is 1. The molecular weight excluding hydrogens is 302 g/mol. The minimum Gasteiger partial charge on any atom is -0.390 e. The number of urea groups is 1. The maximum atomic E-state index is 11.8. The third kappa shape index (κ3) is 5.51. The number of aliphatic hydroxyl groups excluding tert-OH is 1. The van der Waals surface area contributed by atoms with Crippen LogP contribution in [0.1, 0.15) is 44.0 Å². The predicted octanol–water partition coefficient (Wildman–Crippen LogP) is 1.63. The molecule has 3 N–H and O–H groups in total. The smallest absolute Gasteiger partial charge is 0.321 e. The van der Waals surface area contributed by atoms with Crippen molar-refractivity contribution in [3.05, 3.63) is 5.01 Å². The van der Waals surface area contributed by atoms with Gasteiger partial charge in [0.05, 0.1) is 6.10 Å². The number of β-amino-alcohol motifs (C(OH)–C–C–N with tert-alkyl or cyclic N) is 1. The Bertz CT molecular complexity index is 474. The standard InChI is InChI=1S/C14H25N5O2S/c1-10(2)12-17-18-14(22-12)16-13(21)15-8-11(20)9-19-6-4-3-5-7-19/h10-11,20H,3-9H2,1-2H3,(H2,15,16,18,21)/t11-/m0/s1. The molecule has 1 aliphatic rings. The highest BCUT2D eigenvalue weighted by Gasteiger charge is 2.16. The fourth-order valence-corrected chi connectivity index (χ4v) is 3.12. The van der Waals surface area contributed by atoms with Crippen LogP contribution < -0.4 is 10.6 Å². The lowest BCUT2D eigenvalue weighted by molar-refractivity contribution is 0.102. The number of aromatic nitrogens is 2. The Balaban J connectivity index is 1.67. The summed E-state index contributed by atoms with van der Waals surface area (Å²) >= 11 is 1.37. The van der Waals surface area contributed by atoms with Gasteiger partial charge in [-0.25, -0.2) is 4.79 Å². The molecule has 0 unspecified atom stereocenters. The van der Waals surface area contributed by atoms with Crippen LogP contribution in [-0.4, -0.2) is 58.5 Å². The highest BCUT2D eigenvalue weighted by molar-refractivity contribution is 7.15. The maximum Gasteiger partial charge on any atom is 0.321 e. The number of hydrogen-bond acceptors (Lipinski definition) is 6. The number of carbonyl (C=O) groups is 1. The van der Waals surface area contributed by atoms with Gasteiger partial charge in [-0.05, 0) is 25.9 Å². The Morgan fingerprint density at radius 2 is 2.05 bits per heavy atom. The quantitative estimate of drug-likeness (QED) is 0.739. The van der Waals surface area contributed by atoms with Gasteiger partial charge in [0.1, 0.15) is 5.01 Å². The number of anilines is 1. The van der Waals surface area contributed by atoms with Crippen molar-refractivity contribution in [3.8, 4) is 0 Å². The van der Waals surface area contributed by atoms with Gasteiger partial charge >= 0.3 is 6.03 Å². The molecule has 2 amide bonds. The molecule has 1 aromatic rings. The molecule has 0 radical (unpaired) electrons. The van der Waals surface area contributed by atoms with Crippen LogP contribution in [0.15, 0.2) is 0 Å². The maximum absolute atomic E-state index is 11.8. The molecule has 0 saturated carbocycles. The second-order valence-corrected chi connectivity index (χ2v) is 6.96. The van der Waals surface area contributed by atoms with E-state index < -0.39 is 6.10 Å². The van der Waals surface area contributed by atoms with Crippen LogP contribution in [-0.2, 0) is 0 Å². The molecule has 1 aliphatic heterocycles. The average Bonchev–Trinajstić information content (AvgIpc) is 2.95. The van der Waals surface area contributed by atoms with Crippen molar-refractivity contribution in [3.63, 3.8) is 0 Å². The van der Waals surface area contributed by atoms with E-state index in [0.29, 0.717) is 17.6 Å². The van der Waals surface area contributed by atoms with E-state index in [-0.39, 0.29) is 12.6 Å². The summed E-state index contributed by atoms with van der Waals surface area (Å²) in [6, 6.07) is -0.357. The summed E-state index contributed by atoms with van der Waals surface area (Å²) in [6.45, 7) is 6.97. The Hall–Kier alpha value is -1.25. The minimum absolute atomic E-state index is 0.234. The van der Waals surface area contributed by atoms with E-state index in [2.05, 4.69) is 25.7 Å². The molecule has 0 aliphatic carbocycles. The van der Waals surface area contributed by atoms with Gasteiger partial charge in [-0.15, -0.1) is 10.2 Å². The molecule has 0 spiro atoms. The Labute approximate surface area is 135 Å². The van der Waals surface area contributed by atoms with Crippen LogP contribution in [0.25, 0.3) is 0 Å². The van der Waals surface area contributed by atoms with Crippen molar-refractivity contribution in [1.29, 1.82) is 0 Å². The molecule has 2 heterocycles. The minimum atomic E-state index is -0.551. The van der Waals surface area contributed by atoms with Crippen LogP contribution in [0.4, 0.5) is 9.93 Å². The summed E-state index contributed by atoms with van der Waals surface area (Å²) in [6.07, 6.45) is 3.10. The number of rotatable bonds is 6. The normalized spacial score (nSPS) is 17.5. The third-order valence-corrected chi connectivity index (χ3v) is 4.71. The number of nitrogens with one attached hydrogen (secondary N) is 2. The van der Waals surface area contributed by atoms with Crippen molar-refractivity contribution in [2.45, 2.75) is 45.1 Å². The second kappa shape index (κ2) is 8.40. The second-order valence-electron chi connectivity index (χ2n) is 5.95. The van der Waals surface area contributed by atoms with E-state index in [0.717, 1.165) is 18.1 Å². The van der Waals surface area contributed by atoms with E-state index >= 15 is 0 Å². The van der Waals surface area contributed by atoms with Crippen molar-refractivity contribution in [2.24, 2.45) is 0 Å². The van der Waals surface area contributed by atoms with E-state index in [4.69, 9.17) is 0 Å². The summed E-state index contributed by atoms with van der Waals surface area (Å²) in [7, 11) is 0. The molecule has 2 rings (SSSR count). The summed E-state index contributed by atoms with van der Waals surface area (Å²) < 4.78 is 0. The molecule has 0 bridgehead atoms. The average molecular weight is 327 g/mol. The third-order valence-electron chi connectivity index (χ3n) is 3.57. The molecule has 1 fully saturated rings. The highest BCUT2D eigenvalue weighted by atomic mass is 32.1. The zero-order chi connectivity index (χ0) is 15.9. The first-order valence-electron chi connectivity index (χ1n) is 7.83. The van der Waals surface area contributed by atoms with Gasteiger partial charge in [0.25, 0.3) is 0 Å². The van der Waals surface area contributed by atoms with Gasteiger partial charge in [0.2, 0.25) is 5.13 Å². The number of hydrogen-bond donors (Lipinski definition) is 3. The van der Waals surface area contributed by atoms with Crippen molar-refractivity contribution >= 4 is 22.5 Å². The first kappa shape index (κ1) is 17.1. The van der Waals surface area contributed by atoms with Crippen LogP contribution in [0, 0.1) is 0 Å². The SMILES string of the molecule is CC(C)c1nnc(NC(=O)NC[C@H](O)CN2CCCCC2)s1. The fourth-order valence-electron chi connectivity index (χ4n) is 2.37. The summed E-state index contributed by atoms with van der Waals surface area (Å²) in [5.74, 6) is 0.294. The van der Waals surface area contributed by atoms with E-state index in [1.807, 2.05) is 13.8 Å². The van der Waals surface area contributed by atoms with Crippen LogP contribution >= 0.6 is 11.3 Å². The predicted molar refractivity (Wildman–Crippen MR) is 87.3 cm³/mol. The largest absolute Gasteiger partial charge is 0.390 e. The molecule has 7 nitrogen and oxygen atoms in total. The zero-order valence-corrected chi connectivity index (χ0v) is 14.0. The Morgan fingerprint density at radius 3 is 2.68 bits per heavy atom. The van der Waals surface area contributed by atoms with E-state index in [1.54, 1.807) is 0 Å². The lowest BCUT2D eigenvalue weighted by atomic mass is 10.1. The summed E-state index contributed by atoms with van der Waals surface area (Å²) in [4.78, 5) is 14.0. The fraction of sp³-hybridized carbons (Fsp3) is 0.786. The summed E-state index contributed by atoms with van der Waals surface area (Å²) in [5, 5.41) is 24.6. The van der Waals surface area contributed by atoms with Crippen molar-refractivity contribution in [2.75, 3.05) is 31.5 Å². The zero-order valence-electron chi connectivity index (χ0n) is 13.2. The molecule has 124 valence electrons. The number of aliphatic hydroxyl groups is 1. The van der Waals surface area contributed by atoms with E-state index in [1.165, 1.54) is 30.6 Å². The number of amides is 2. The monoisotopic (exact) mass is 327 g/mol. The highest BCUT2D eigenvalue weighted by Crippen LogP contribution is 2.22.